The number of hydrogen-bond donors (Lipinski definition) is 2. The van der Waals surface area contributed by atoms with Gasteiger partial charge >= 0.3 is 0 Å². The Balaban J connectivity index is 3.16. The van der Waals surface area contributed by atoms with Crippen molar-refractivity contribution in [1.29, 1.82) is 0 Å². The molecule has 0 saturated heterocycles. The first kappa shape index (κ1) is 17.6. The molecule has 0 aliphatic heterocycles. The molecule has 0 bridgehead atoms. The van der Waals surface area contributed by atoms with Gasteiger partial charge < -0.3 is 0 Å². The molecule has 0 radical (unpaired) electrons. The minimum Gasteiger partial charge on any atom is -0.271 e. The molecule has 6 nitrogen and oxygen atoms in total. The Bertz CT molecular complexity index is 581. The maximum absolute atomic E-state index is 11.9. The van der Waals surface area contributed by atoms with E-state index in [0.717, 1.165) is 22.3 Å². The van der Waals surface area contributed by atoms with E-state index in [1.54, 1.807) is 18.5 Å². The van der Waals surface area contributed by atoms with Gasteiger partial charge in [0, 0.05) is 25.8 Å². The van der Waals surface area contributed by atoms with Crippen LogP contribution in [0.5, 0.6) is 0 Å². The fourth-order valence-electron chi connectivity index (χ4n) is 2.00. The van der Waals surface area contributed by atoms with E-state index in [1.165, 1.54) is 6.26 Å². The van der Waals surface area contributed by atoms with Crippen molar-refractivity contribution in [2.24, 2.45) is 12.9 Å². The first-order valence-corrected chi connectivity index (χ1v) is 9.10. The van der Waals surface area contributed by atoms with E-state index in [0.29, 0.717) is 6.42 Å². The molecule has 20 heavy (non-hydrogen) atoms. The minimum atomic E-state index is -3.25. The number of sulfone groups is 1. The molecule has 1 rings (SSSR count). The number of rotatable bonds is 6. The van der Waals surface area contributed by atoms with Crippen molar-refractivity contribution >= 4 is 25.8 Å². The smallest absolute Gasteiger partial charge is 0.154 e. The van der Waals surface area contributed by atoms with E-state index in [9.17, 15) is 8.42 Å². The molecule has 8 heteroatoms. The van der Waals surface area contributed by atoms with Crippen molar-refractivity contribution in [2.45, 2.75) is 44.4 Å². The summed E-state index contributed by atoms with van der Waals surface area (Å²) < 4.78 is 25.6. The molecule has 116 valence electrons. The van der Waals surface area contributed by atoms with Gasteiger partial charge in [0.25, 0.3) is 0 Å². The van der Waals surface area contributed by atoms with Gasteiger partial charge in [0.1, 0.15) is 0 Å². The van der Waals surface area contributed by atoms with Crippen molar-refractivity contribution < 1.29 is 8.42 Å². The van der Waals surface area contributed by atoms with E-state index >= 15 is 0 Å². The van der Waals surface area contributed by atoms with Gasteiger partial charge in [0.05, 0.1) is 20.6 Å². The summed E-state index contributed by atoms with van der Waals surface area (Å²) >= 11 is 3.54. The van der Waals surface area contributed by atoms with Crippen molar-refractivity contribution in [3.05, 3.63) is 15.9 Å². The highest BCUT2D eigenvalue weighted by molar-refractivity contribution is 9.10. The number of nitrogens with two attached hydrogens (primary N) is 1. The number of nitrogens with zero attached hydrogens (tertiary/aromatic N) is 2. The van der Waals surface area contributed by atoms with Crippen molar-refractivity contribution in [3.63, 3.8) is 0 Å². The Hall–Kier alpha value is -0.440. The van der Waals surface area contributed by atoms with Crippen LogP contribution in [0.1, 0.15) is 32.2 Å². The second kappa shape index (κ2) is 6.13. The lowest BCUT2D eigenvalue weighted by atomic mass is 9.98. The molecular weight excluding hydrogens is 344 g/mol. The molecule has 1 heterocycles. The van der Waals surface area contributed by atoms with Gasteiger partial charge in [-0.25, -0.2) is 8.42 Å². The Labute approximate surface area is 129 Å². The van der Waals surface area contributed by atoms with Crippen LogP contribution in [-0.2, 0) is 29.7 Å². The van der Waals surface area contributed by atoms with Gasteiger partial charge in [-0.15, -0.1) is 0 Å². The van der Waals surface area contributed by atoms with Crippen LogP contribution in [0.4, 0.5) is 0 Å². The highest BCUT2D eigenvalue weighted by atomic mass is 79.9. The number of aryl methyl sites for hydroxylation is 2. The molecule has 3 N–H and O–H groups in total. The summed E-state index contributed by atoms with van der Waals surface area (Å²) in [6.07, 6.45) is 2.51. The summed E-state index contributed by atoms with van der Waals surface area (Å²) in [5.41, 5.74) is 4.52. The molecule has 0 fully saturated rings. The van der Waals surface area contributed by atoms with E-state index in [1.807, 2.05) is 14.0 Å². The lowest BCUT2D eigenvalue weighted by molar-refractivity contribution is 0.405. The topological polar surface area (TPSA) is 90.0 Å². The zero-order chi connectivity index (χ0) is 15.7. The maximum atomic E-state index is 11.9. The fourth-order valence-corrected chi connectivity index (χ4v) is 3.45. The van der Waals surface area contributed by atoms with Crippen LogP contribution in [0.3, 0.4) is 0 Å². The molecule has 0 spiro atoms. The van der Waals surface area contributed by atoms with Crippen molar-refractivity contribution in [1.82, 2.24) is 15.2 Å². The predicted octanol–water partition coefficient (Wildman–Crippen LogP) is 0.943. The molecule has 1 unspecified atom stereocenters. The Morgan fingerprint density at radius 3 is 2.40 bits per heavy atom. The zero-order valence-electron chi connectivity index (χ0n) is 12.6. The average Bonchev–Trinajstić information content (AvgIpc) is 2.60. The molecule has 1 aromatic rings. The van der Waals surface area contributed by atoms with Gasteiger partial charge in [-0.05, 0) is 36.2 Å². The van der Waals surface area contributed by atoms with Crippen LogP contribution < -0.4 is 11.3 Å². The minimum absolute atomic E-state index is 0.408. The predicted molar refractivity (Wildman–Crippen MR) is 84.0 cm³/mol. The van der Waals surface area contributed by atoms with E-state index in [2.05, 4.69) is 26.5 Å². The van der Waals surface area contributed by atoms with Crippen molar-refractivity contribution in [3.8, 4) is 0 Å². The molecule has 0 saturated carbocycles. The standard InChI is InChI=1S/C12H23BrN4O2S/c1-6-8-11(13)9(17(4)16-8)7-10(15-14)12(2,3)20(5,18)19/h10,15H,6-7,14H2,1-5H3. The van der Waals surface area contributed by atoms with Crippen LogP contribution in [0.2, 0.25) is 0 Å². The van der Waals surface area contributed by atoms with E-state index < -0.39 is 20.6 Å². The van der Waals surface area contributed by atoms with Crippen LogP contribution in [0.15, 0.2) is 4.47 Å². The van der Waals surface area contributed by atoms with Gasteiger partial charge in [-0.1, -0.05) is 6.92 Å². The lowest BCUT2D eigenvalue weighted by Crippen LogP contribution is -2.55. The first-order valence-electron chi connectivity index (χ1n) is 6.42. The number of halogens is 1. The number of nitrogens with one attached hydrogen (secondary N) is 1. The van der Waals surface area contributed by atoms with Crippen LogP contribution in [0, 0.1) is 0 Å². The molecule has 0 aromatic carbocycles. The van der Waals surface area contributed by atoms with E-state index in [-0.39, 0.29) is 0 Å². The Morgan fingerprint density at radius 1 is 1.50 bits per heavy atom. The number of hydrogen-bond acceptors (Lipinski definition) is 5. The average molecular weight is 367 g/mol. The monoisotopic (exact) mass is 366 g/mol. The highest BCUT2D eigenvalue weighted by Gasteiger charge is 2.39. The number of aromatic nitrogens is 2. The summed E-state index contributed by atoms with van der Waals surface area (Å²) in [7, 11) is -1.40. The molecular formula is C12H23BrN4O2S. The Kier molecular flexibility index (Phi) is 5.40. The van der Waals surface area contributed by atoms with Gasteiger partial charge in [0.2, 0.25) is 0 Å². The molecule has 1 aromatic heterocycles. The largest absolute Gasteiger partial charge is 0.271 e. The van der Waals surface area contributed by atoms with Gasteiger partial charge in [-0.3, -0.25) is 16.0 Å². The third-order valence-electron chi connectivity index (χ3n) is 3.90. The van der Waals surface area contributed by atoms with Gasteiger partial charge in [-0.2, -0.15) is 5.10 Å². The highest BCUT2D eigenvalue weighted by Crippen LogP contribution is 2.27. The maximum Gasteiger partial charge on any atom is 0.154 e. The summed E-state index contributed by atoms with van der Waals surface area (Å²) in [6.45, 7) is 5.38. The quantitative estimate of drug-likeness (QED) is 0.577. The van der Waals surface area contributed by atoms with Crippen LogP contribution in [0.25, 0.3) is 0 Å². The van der Waals surface area contributed by atoms with Crippen molar-refractivity contribution in [2.75, 3.05) is 6.26 Å². The lowest BCUT2D eigenvalue weighted by Gasteiger charge is -2.32. The molecule has 0 aliphatic rings. The third-order valence-corrected chi connectivity index (χ3v) is 7.01. The summed E-state index contributed by atoms with van der Waals surface area (Å²) in [5, 5.41) is 4.41. The first-order chi connectivity index (χ1) is 9.06. The molecule has 1 atom stereocenters. The number of hydrazine groups is 1. The SMILES string of the molecule is CCc1nn(C)c(CC(NN)C(C)(C)S(C)(=O)=O)c1Br. The second-order valence-corrected chi connectivity index (χ2v) is 8.87. The summed E-state index contributed by atoms with van der Waals surface area (Å²) in [5.74, 6) is 5.58. The fraction of sp³-hybridized carbons (Fsp3) is 0.750. The molecule has 0 amide bonds. The van der Waals surface area contributed by atoms with Crippen LogP contribution >= 0.6 is 15.9 Å². The van der Waals surface area contributed by atoms with Crippen LogP contribution in [-0.4, -0.2) is 35.2 Å². The summed E-state index contributed by atoms with van der Waals surface area (Å²) in [6, 6.07) is -0.408. The Morgan fingerprint density at radius 2 is 2.05 bits per heavy atom. The third kappa shape index (κ3) is 3.24. The van der Waals surface area contributed by atoms with E-state index in [4.69, 9.17) is 5.84 Å². The zero-order valence-corrected chi connectivity index (χ0v) is 15.0. The summed E-state index contributed by atoms with van der Waals surface area (Å²) in [4.78, 5) is 0. The molecule has 0 aliphatic carbocycles. The normalized spacial score (nSPS) is 14.6. The second-order valence-electron chi connectivity index (χ2n) is 5.48. The van der Waals surface area contributed by atoms with Gasteiger partial charge in [0.15, 0.2) is 9.84 Å².